The van der Waals surface area contributed by atoms with Gasteiger partial charge in [0.1, 0.15) is 40.4 Å². The predicted octanol–water partition coefficient (Wildman–Crippen LogP) is 4.70. The first-order valence-electron chi connectivity index (χ1n) is 22.6. The Labute approximate surface area is 397 Å². The quantitative estimate of drug-likeness (QED) is 0.0949. The van der Waals surface area contributed by atoms with Crippen molar-refractivity contribution >= 4 is 51.7 Å². The van der Waals surface area contributed by atoms with Gasteiger partial charge in [0.25, 0.3) is 0 Å². The third kappa shape index (κ3) is 10.8. The highest BCUT2D eigenvalue weighted by Gasteiger charge is 2.44. The van der Waals surface area contributed by atoms with E-state index in [-0.39, 0.29) is 62.2 Å². The number of aliphatic hydroxyl groups excluding tert-OH is 1. The van der Waals surface area contributed by atoms with Gasteiger partial charge >= 0.3 is 0 Å². The van der Waals surface area contributed by atoms with Crippen LogP contribution in [0.15, 0.2) is 78.4 Å². The molecule has 0 saturated carbocycles. The molecule has 6 aromatic rings. The fraction of sp³-hybridized carbons (Fsp3) is 0.388. The Balaban J connectivity index is 0.783. The molecule has 68 heavy (non-hydrogen) atoms. The average Bonchev–Trinajstić information content (AvgIpc) is 4.07. The lowest BCUT2D eigenvalue weighted by molar-refractivity contribution is -0.144. The third-order valence-electron chi connectivity index (χ3n) is 12.4. The Morgan fingerprint density at radius 3 is 2.38 bits per heavy atom. The lowest BCUT2D eigenvalue weighted by Crippen LogP contribution is -2.58. The number of ether oxygens (including phenoxy) is 1. The number of likely N-dealkylation sites (tertiary alicyclic amines) is 1. The molecule has 2 fully saturated rings. The maximum absolute atomic E-state index is 14.8. The topological polar surface area (TPSA) is 211 Å². The van der Waals surface area contributed by atoms with E-state index in [1.807, 2.05) is 81.7 Å². The molecule has 4 amide bonds. The molecule has 2 saturated heterocycles. The van der Waals surface area contributed by atoms with E-state index in [4.69, 9.17) is 4.74 Å². The second-order valence-electron chi connectivity index (χ2n) is 18.2. The van der Waals surface area contributed by atoms with Crippen molar-refractivity contribution in [2.75, 3.05) is 57.8 Å². The van der Waals surface area contributed by atoms with Gasteiger partial charge in [-0.15, -0.1) is 11.3 Å². The number of β-amino-alcohol motifs (C(OH)–C–C–N with tert-alkyl or cyclic N) is 1. The molecule has 5 heterocycles. The summed E-state index contributed by atoms with van der Waals surface area (Å²) in [5.74, 6) is -1.43. The van der Waals surface area contributed by atoms with Crippen molar-refractivity contribution < 1.29 is 33.4 Å². The van der Waals surface area contributed by atoms with E-state index < -0.39 is 41.2 Å². The number of anilines is 1. The number of aromatic amines is 1. The zero-order valence-corrected chi connectivity index (χ0v) is 39.5. The number of rotatable bonds is 15. The number of hydrogen-bond acceptors (Lipinski definition) is 13. The van der Waals surface area contributed by atoms with Crippen LogP contribution in [0.25, 0.3) is 44.1 Å². The lowest BCUT2D eigenvalue weighted by Gasteiger charge is -2.36. The number of piperazine rings is 1. The molecular weight excluding hydrogens is 890 g/mol. The van der Waals surface area contributed by atoms with Crippen molar-refractivity contribution in [1.82, 2.24) is 50.9 Å². The van der Waals surface area contributed by atoms with E-state index >= 15 is 0 Å². The van der Waals surface area contributed by atoms with Crippen LogP contribution in [-0.2, 0) is 25.7 Å². The predicted molar refractivity (Wildman–Crippen MR) is 257 cm³/mol. The summed E-state index contributed by atoms with van der Waals surface area (Å²) in [5, 5.41) is 26.7. The van der Waals surface area contributed by atoms with Crippen LogP contribution in [0.3, 0.4) is 0 Å². The van der Waals surface area contributed by atoms with Crippen molar-refractivity contribution in [3.63, 3.8) is 0 Å². The number of carbonyl (C=O) groups is 4. The summed E-state index contributed by atoms with van der Waals surface area (Å²) in [6.45, 7) is 10.6. The van der Waals surface area contributed by atoms with E-state index in [0.29, 0.717) is 48.7 Å². The number of aromatic nitrogens is 5. The molecule has 2 aliphatic rings. The van der Waals surface area contributed by atoms with E-state index in [0.717, 1.165) is 32.9 Å². The first kappa shape index (κ1) is 47.7. The first-order valence-corrected chi connectivity index (χ1v) is 23.5. The van der Waals surface area contributed by atoms with Crippen molar-refractivity contribution in [2.45, 2.75) is 65.3 Å². The number of aryl methyl sites for hydroxylation is 1. The van der Waals surface area contributed by atoms with Gasteiger partial charge in [-0.25, -0.2) is 19.3 Å². The van der Waals surface area contributed by atoms with Gasteiger partial charge in [-0.1, -0.05) is 63.2 Å². The lowest BCUT2D eigenvalue weighted by atomic mass is 9.85. The smallest absolute Gasteiger partial charge is 0.246 e. The Kier molecular flexibility index (Phi) is 14.4. The van der Waals surface area contributed by atoms with Gasteiger partial charge in [0.05, 0.1) is 47.6 Å². The Morgan fingerprint density at radius 2 is 1.69 bits per heavy atom. The van der Waals surface area contributed by atoms with Crippen LogP contribution in [0.2, 0.25) is 0 Å². The molecule has 19 heteroatoms. The molecule has 0 bridgehead atoms. The molecule has 3 aromatic heterocycles. The average molecular weight is 946 g/mol. The zero-order valence-electron chi connectivity index (χ0n) is 38.7. The molecule has 0 unspecified atom stereocenters. The number of halogens is 1. The number of amides is 4. The number of thiazole rings is 1. The van der Waals surface area contributed by atoms with Gasteiger partial charge in [0.2, 0.25) is 23.6 Å². The van der Waals surface area contributed by atoms with Crippen molar-refractivity contribution in [3.8, 4) is 38.8 Å². The number of hydrogen-bond donors (Lipinski definition) is 5. The molecule has 5 N–H and O–H groups in total. The maximum Gasteiger partial charge on any atom is 0.246 e. The van der Waals surface area contributed by atoms with E-state index in [2.05, 4.69) is 50.9 Å². The van der Waals surface area contributed by atoms with Gasteiger partial charge in [0, 0.05) is 69.9 Å². The minimum Gasteiger partial charge on any atom is -0.496 e. The number of nitrogens with one attached hydrogen (secondary N) is 4. The summed E-state index contributed by atoms with van der Waals surface area (Å²) in [4.78, 5) is 73.9. The van der Waals surface area contributed by atoms with Gasteiger partial charge in [-0.05, 0) is 47.7 Å². The first-order chi connectivity index (χ1) is 32.7. The number of H-pyrrole nitrogens is 1. The molecular formula is C49H56FN11O6S. The van der Waals surface area contributed by atoms with Gasteiger partial charge in [0.15, 0.2) is 5.82 Å². The van der Waals surface area contributed by atoms with Crippen molar-refractivity contribution in [2.24, 2.45) is 5.41 Å². The molecule has 0 spiro atoms. The Bertz CT molecular complexity index is 2770. The highest BCUT2D eigenvalue weighted by Crippen LogP contribution is 2.34. The number of carbonyl (C=O) groups excluding carboxylic acids is 4. The second kappa shape index (κ2) is 20.6. The van der Waals surface area contributed by atoms with Crippen molar-refractivity contribution in [1.29, 1.82) is 0 Å². The van der Waals surface area contributed by atoms with Crippen LogP contribution >= 0.6 is 11.3 Å². The Morgan fingerprint density at radius 1 is 0.956 bits per heavy atom. The molecule has 0 radical (unpaired) electrons. The van der Waals surface area contributed by atoms with Crippen LogP contribution in [-0.4, -0.2) is 135 Å². The summed E-state index contributed by atoms with van der Waals surface area (Å²) < 4.78 is 20.2. The number of nitrogens with zero attached hydrogens (tertiary/aromatic N) is 7. The SMILES string of the molecule is COc1cccc(F)c1-c1ncc2[nH]nc(-c3ccc(N4CCN(CC(=O)NCCC(=O)N[C@H](C(=O)N5C[C@H](O)C[C@H]5C(=O)NCc5ccc(-c6scnc6C)cc5)C(C)(C)C)CC4)cc3)c2n1. The van der Waals surface area contributed by atoms with Gasteiger partial charge in [-0.3, -0.25) is 29.2 Å². The standard InChI is InChI=1S/C49H56FN11O6S/c1-29-44(68-28-54-29)32-11-9-30(10-12-32)24-53-47(65)37-23-34(62)26-61(37)48(66)45(49(2,3)4)55-39(63)17-18-51-40(64)27-59-19-21-60(22-20-59)33-15-13-31(14-16-33)42-43-36(57-58-42)25-52-46(56-43)41-35(50)7-6-8-38(41)67-5/h6-16,25,28,34,37,45,62H,17-24,26-27H2,1-5H3,(H,51,64)(H,53,65)(H,55,63)(H,57,58)/t34-,37+,45-/m1/s1. The normalized spacial score (nSPS) is 17.0. The molecule has 8 rings (SSSR count). The minimum absolute atomic E-state index is 0.0309. The summed E-state index contributed by atoms with van der Waals surface area (Å²) >= 11 is 1.57. The molecule has 3 atom stereocenters. The molecule has 2 aliphatic heterocycles. The van der Waals surface area contributed by atoms with E-state index in [9.17, 15) is 28.7 Å². The highest BCUT2D eigenvalue weighted by molar-refractivity contribution is 7.13. The number of aliphatic hydroxyl groups is 1. The monoisotopic (exact) mass is 945 g/mol. The van der Waals surface area contributed by atoms with Gasteiger partial charge in [-0.2, -0.15) is 5.10 Å². The largest absolute Gasteiger partial charge is 0.496 e. The van der Waals surface area contributed by atoms with Crippen LogP contribution in [0.5, 0.6) is 5.75 Å². The van der Waals surface area contributed by atoms with Crippen LogP contribution in [0.4, 0.5) is 10.1 Å². The molecule has 356 valence electrons. The summed E-state index contributed by atoms with van der Waals surface area (Å²) in [7, 11) is 1.47. The number of fused-ring (bicyclic) bond motifs is 1. The van der Waals surface area contributed by atoms with Crippen LogP contribution < -0.4 is 25.6 Å². The van der Waals surface area contributed by atoms with Crippen molar-refractivity contribution in [3.05, 3.63) is 95.5 Å². The summed E-state index contributed by atoms with van der Waals surface area (Å²) in [6, 6.07) is 18.5. The minimum atomic E-state index is -0.980. The molecule has 17 nitrogen and oxygen atoms in total. The highest BCUT2D eigenvalue weighted by atomic mass is 32.1. The molecule has 0 aliphatic carbocycles. The van der Waals surface area contributed by atoms with Gasteiger partial charge < -0.3 is 35.6 Å². The number of benzene rings is 3. The van der Waals surface area contributed by atoms with Crippen LogP contribution in [0, 0.1) is 18.2 Å². The Hall–Kier alpha value is -6.83. The fourth-order valence-corrected chi connectivity index (χ4v) is 9.42. The third-order valence-corrected chi connectivity index (χ3v) is 13.3. The second-order valence-corrected chi connectivity index (χ2v) is 19.1. The van der Waals surface area contributed by atoms with Crippen LogP contribution in [0.1, 0.15) is 44.9 Å². The van der Waals surface area contributed by atoms with E-state index in [1.54, 1.807) is 29.7 Å². The summed E-state index contributed by atoms with van der Waals surface area (Å²) in [5.41, 5.74) is 7.76. The van der Waals surface area contributed by atoms with E-state index in [1.165, 1.54) is 18.1 Å². The maximum atomic E-state index is 14.8. The fourth-order valence-electron chi connectivity index (χ4n) is 8.61. The summed E-state index contributed by atoms with van der Waals surface area (Å²) in [6.07, 6.45) is 0.724. The zero-order chi connectivity index (χ0) is 48.1. The number of methoxy groups -OCH3 is 1. The molecule has 3 aromatic carbocycles.